The maximum atomic E-state index is 12.2. The molecule has 2 amide bonds. The van der Waals surface area contributed by atoms with Crippen molar-refractivity contribution in [3.63, 3.8) is 0 Å². The first kappa shape index (κ1) is 30.7. The van der Waals surface area contributed by atoms with Gasteiger partial charge in [-0.3, -0.25) is 10.6 Å². The number of carbonyl (C=O) groups is 2. The summed E-state index contributed by atoms with van der Waals surface area (Å²) in [5.41, 5.74) is 3.59. The maximum absolute atomic E-state index is 12.2. The van der Waals surface area contributed by atoms with Crippen LogP contribution >= 0.6 is 0 Å². The molecule has 0 aromatic heterocycles. The van der Waals surface area contributed by atoms with Crippen molar-refractivity contribution in [2.45, 2.75) is 0 Å². The Balaban J connectivity index is 1.68. The molecule has 4 N–H and O–H groups in total. The number of phenolic OH excluding ortho intramolecular Hbond substituents is 2. The van der Waals surface area contributed by atoms with Crippen LogP contribution in [0.2, 0.25) is 0 Å². The van der Waals surface area contributed by atoms with Crippen LogP contribution in [0.25, 0.3) is 22.3 Å². The Morgan fingerprint density at radius 3 is 1.35 bits per heavy atom. The van der Waals surface area contributed by atoms with Crippen LogP contribution in [0.15, 0.2) is 84.9 Å². The summed E-state index contributed by atoms with van der Waals surface area (Å²) in [7, 11) is 3.03. The van der Waals surface area contributed by atoms with Crippen molar-refractivity contribution < 1.29 is 43.5 Å². The normalized spacial score (nSPS) is 10.6. The monoisotopic (exact) mass is 588 g/mol. The Morgan fingerprint density at radius 2 is 0.977 bits per heavy atom. The zero-order valence-corrected chi connectivity index (χ0v) is 23.7. The zero-order chi connectivity index (χ0) is 30.6. The van der Waals surface area contributed by atoms with Gasteiger partial charge in [0, 0.05) is 36.7 Å². The smallest absolute Gasteiger partial charge is 0.411 e. The van der Waals surface area contributed by atoms with Crippen LogP contribution in [0.3, 0.4) is 0 Å². The van der Waals surface area contributed by atoms with Crippen LogP contribution < -0.4 is 15.4 Å². The third kappa shape index (κ3) is 8.86. The Bertz CT molecular complexity index is 1410. The molecule has 0 aliphatic carbocycles. The van der Waals surface area contributed by atoms with E-state index in [0.29, 0.717) is 45.1 Å². The first-order valence-electron chi connectivity index (χ1n) is 13.3. The van der Waals surface area contributed by atoms with E-state index in [4.69, 9.17) is 23.7 Å². The molecule has 0 fully saturated rings. The SMILES string of the molecule is COCCOC(=O)Nc1ccc(Oc2ccc(NC(=O)OCCOC)cc2-c2ccc(O)cc2)c(-c2ccc(O)cc2)c1. The summed E-state index contributed by atoms with van der Waals surface area (Å²) < 4.78 is 26.5. The van der Waals surface area contributed by atoms with Gasteiger partial charge in [-0.15, -0.1) is 0 Å². The quantitative estimate of drug-likeness (QED) is 0.134. The number of amides is 2. The number of methoxy groups -OCH3 is 2. The predicted octanol–water partition coefficient (Wildman–Crippen LogP) is 6.61. The number of phenols is 2. The number of nitrogens with one attached hydrogen (secondary N) is 2. The molecule has 0 bridgehead atoms. The van der Waals surface area contributed by atoms with E-state index >= 15 is 0 Å². The Morgan fingerprint density at radius 1 is 0.581 bits per heavy atom. The Labute approximate surface area is 248 Å². The van der Waals surface area contributed by atoms with Gasteiger partial charge in [-0.25, -0.2) is 9.59 Å². The van der Waals surface area contributed by atoms with E-state index in [1.165, 1.54) is 14.2 Å². The highest BCUT2D eigenvalue weighted by Crippen LogP contribution is 2.41. The predicted molar refractivity (Wildman–Crippen MR) is 161 cm³/mol. The fourth-order valence-electron chi connectivity index (χ4n) is 3.99. The molecule has 0 saturated carbocycles. The molecule has 4 rings (SSSR count). The average Bonchev–Trinajstić information content (AvgIpc) is 3.00. The zero-order valence-electron chi connectivity index (χ0n) is 23.7. The Hall–Kier alpha value is -5.26. The fourth-order valence-corrected chi connectivity index (χ4v) is 3.99. The molecule has 0 spiro atoms. The van der Waals surface area contributed by atoms with Gasteiger partial charge in [-0.1, -0.05) is 24.3 Å². The summed E-state index contributed by atoms with van der Waals surface area (Å²) in [6.07, 6.45) is -1.28. The van der Waals surface area contributed by atoms with Gasteiger partial charge in [0.25, 0.3) is 0 Å². The summed E-state index contributed by atoms with van der Waals surface area (Å²) in [4.78, 5) is 24.5. The minimum absolute atomic E-state index is 0.0978. The lowest BCUT2D eigenvalue weighted by molar-refractivity contribution is 0.107. The van der Waals surface area contributed by atoms with Crippen LogP contribution in [0.1, 0.15) is 0 Å². The van der Waals surface area contributed by atoms with Gasteiger partial charge in [0.05, 0.1) is 13.2 Å². The van der Waals surface area contributed by atoms with Crippen molar-refractivity contribution in [2.75, 3.05) is 51.3 Å². The van der Waals surface area contributed by atoms with Gasteiger partial charge in [-0.05, 0) is 71.8 Å². The third-order valence-corrected chi connectivity index (χ3v) is 6.07. The third-order valence-electron chi connectivity index (χ3n) is 6.07. The molecule has 0 saturated heterocycles. The molecule has 43 heavy (non-hydrogen) atoms. The van der Waals surface area contributed by atoms with Gasteiger partial charge in [0.2, 0.25) is 0 Å². The summed E-state index contributed by atoms with van der Waals surface area (Å²) >= 11 is 0. The lowest BCUT2D eigenvalue weighted by atomic mass is 10.0. The molecule has 11 heteroatoms. The first-order chi connectivity index (χ1) is 20.9. The number of hydrogen-bond acceptors (Lipinski definition) is 9. The molecular weight excluding hydrogens is 556 g/mol. The van der Waals surface area contributed by atoms with Gasteiger partial charge >= 0.3 is 12.2 Å². The van der Waals surface area contributed by atoms with Crippen molar-refractivity contribution in [1.82, 2.24) is 0 Å². The molecule has 0 atom stereocenters. The number of anilines is 2. The lowest BCUT2D eigenvalue weighted by Crippen LogP contribution is -2.16. The van der Waals surface area contributed by atoms with E-state index in [1.54, 1.807) is 84.9 Å². The molecule has 4 aromatic rings. The van der Waals surface area contributed by atoms with Crippen molar-refractivity contribution in [1.29, 1.82) is 0 Å². The summed E-state index contributed by atoms with van der Waals surface area (Å²) in [5, 5.41) is 25.1. The van der Waals surface area contributed by atoms with Gasteiger partial charge in [-0.2, -0.15) is 0 Å². The van der Waals surface area contributed by atoms with Crippen LogP contribution in [0.5, 0.6) is 23.0 Å². The molecule has 4 aromatic carbocycles. The largest absolute Gasteiger partial charge is 0.508 e. The second-order valence-corrected chi connectivity index (χ2v) is 9.13. The number of carbonyl (C=O) groups excluding carboxylic acids is 2. The highest BCUT2D eigenvalue weighted by Gasteiger charge is 2.16. The van der Waals surface area contributed by atoms with E-state index in [-0.39, 0.29) is 37.9 Å². The number of aromatic hydroxyl groups is 2. The minimum Gasteiger partial charge on any atom is -0.508 e. The lowest BCUT2D eigenvalue weighted by Gasteiger charge is -2.17. The highest BCUT2D eigenvalue weighted by atomic mass is 16.6. The standard InChI is InChI=1S/C32H32N2O9/c1-39-15-17-41-31(37)33-23-7-13-29(27(19-23)21-3-9-25(35)10-4-21)43-30-14-8-24(34-32(38)42-18-16-40-2)20-28(30)22-5-11-26(36)12-6-22/h3-14,19-20,35-36H,15-18H2,1-2H3,(H,33,37)(H,34,38). The summed E-state index contributed by atoms with van der Waals surface area (Å²) in [6, 6.07) is 23.3. The van der Waals surface area contributed by atoms with Crippen molar-refractivity contribution in [3.8, 4) is 45.3 Å². The van der Waals surface area contributed by atoms with Gasteiger partial charge < -0.3 is 33.9 Å². The number of ether oxygens (including phenoxy) is 5. The maximum Gasteiger partial charge on any atom is 0.411 e. The average molecular weight is 589 g/mol. The second-order valence-electron chi connectivity index (χ2n) is 9.13. The van der Waals surface area contributed by atoms with E-state index in [0.717, 1.165) is 0 Å². The minimum atomic E-state index is -0.638. The molecular formula is C32H32N2O9. The number of benzene rings is 4. The molecule has 0 aliphatic heterocycles. The molecule has 11 nitrogen and oxygen atoms in total. The molecule has 0 heterocycles. The first-order valence-corrected chi connectivity index (χ1v) is 13.3. The summed E-state index contributed by atoms with van der Waals surface area (Å²) in [5.74, 6) is 1.09. The molecule has 224 valence electrons. The van der Waals surface area contributed by atoms with Crippen LogP contribution in [0.4, 0.5) is 21.0 Å². The van der Waals surface area contributed by atoms with Gasteiger partial charge in [0.15, 0.2) is 0 Å². The van der Waals surface area contributed by atoms with E-state index < -0.39 is 12.2 Å². The van der Waals surface area contributed by atoms with Crippen molar-refractivity contribution in [2.24, 2.45) is 0 Å². The molecule has 0 radical (unpaired) electrons. The fraction of sp³-hybridized carbons (Fsp3) is 0.188. The molecule has 0 aliphatic rings. The molecule has 0 unspecified atom stereocenters. The highest BCUT2D eigenvalue weighted by molar-refractivity contribution is 5.88. The number of hydrogen-bond donors (Lipinski definition) is 4. The van der Waals surface area contributed by atoms with E-state index in [1.807, 2.05) is 0 Å². The summed E-state index contributed by atoms with van der Waals surface area (Å²) in [6.45, 7) is 0.742. The number of rotatable bonds is 12. The van der Waals surface area contributed by atoms with Crippen LogP contribution in [-0.4, -0.2) is 63.0 Å². The van der Waals surface area contributed by atoms with Crippen molar-refractivity contribution >= 4 is 23.6 Å². The van der Waals surface area contributed by atoms with Crippen LogP contribution in [-0.2, 0) is 18.9 Å². The van der Waals surface area contributed by atoms with Gasteiger partial charge in [0.1, 0.15) is 36.2 Å². The van der Waals surface area contributed by atoms with Crippen LogP contribution in [0, 0.1) is 0 Å². The second kappa shape index (κ2) is 15.1. The van der Waals surface area contributed by atoms with Crippen molar-refractivity contribution in [3.05, 3.63) is 84.9 Å². The van der Waals surface area contributed by atoms with E-state index in [2.05, 4.69) is 10.6 Å². The topological polar surface area (TPSA) is 145 Å². The Kier molecular flexibility index (Phi) is 10.8. The van der Waals surface area contributed by atoms with E-state index in [9.17, 15) is 19.8 Å².